The molecule has 0 unspecified atom stereocenters. The SMILES string of the molecule is COC(=O)[C@@H]1[C@H](Cc2cccc(OCc3ccccc3)c2)CN1C(=O)Oc1ccc(OC)cc1. The van der Waals surface area contributed by atoms with Crippen molar-refractivity contribution < 1.29 is 28.5 Å². The maximum Gasteiger partial charge on any atom is 0.416 e. The summed E-state index contributed by atoms with van der Waals surface area (Å²) in [6, 6.07) is 23.7. The van der Waals surface area contributed by atoms with Gasteiger partial charge in [-0.15, -0.1) is 0 Å². The minimum atomic E-state index is -0.704. The third kappa shape index (κ3) is 5.49. The van der Waals surface area contributed by atoms with Crippen LogP contribution in [-0.2, 0) is 22.6 Å². The first kappa shape index (κ1) is 23.2. The van der Waals surface area contributed by atoms with Crippen LogP contribution in [0.3, 0.4) is 0 Å². The largest absolute Gasteiger partial charge is 0.497 e. The lowest BCUT2D eigenvalue weighted by Crippen LogP contribution is -2.63. The molecule has 0 radical (unpaired) electrons. The smallest absolute Gasteiger partial charge is 0.416 e. The Morgan fingerprint density at radius 2 is 1.56 bits per heavy atom. The molecule has 0 bridgehead atoms. The van der Waals surface area contributed by atoms with Gasteiger partial charge in [0.15, 0.2) is 0 Å². The van der Waals surface area contributed by atoms with Crippen molar-refractivity contribution in [2.75, 3.05) is 20.8 Å². The number of hydrogen-bond acceptors (Lipinski definition) is 6. The second-order valence-electron chi connectivity index (χ2n) is 8.05. The van der Waals surface area contributed by atoms with Crippen LogP contribution < -0.4 is 14.2 Å². The van der Waals surface area contributed by atoms with Crippen LogP contribution >= 0.6 is 0 Å². The molecule has 1 fully saturated rings. The molecule has 2 atom stereocenters. The molecular weight excluding hydrogens is 434 g/mol. The molecule has 0 spiro atoms. The van der Waals surface area contributed by atoms with Gasteiger partial charge in [-0.25, -0.2) is 9.59 Å². The monoisotopic (exact) mass is 461 g/mol. The van der Waals surface area contributed by atoms with Gasteiger partial charge in [0, 0.05) is 12.5 Å². The number of benzene rings is 3. The molecule has 7 heteroatoms. The lowest BCUT2D eigenvalue weighted by atomic mass is 9.83. The molecule has 1 aliphatic rings. The van der Waals surface area contributed by atoms with Crippen molar-refractivity contribution in [2.45, 2.75) is 19.1 Å². The molecule has 176 valence electrons. The first-order valence-corrected chi connectivity index (χ1v) is 11.0. The molecule has 0 saturated carbocycles. The second kappa shape index (κ2) is 10.7. The van der Waals surface area contributed by atoms with Gasteiger partial charge < -0.3 is 18.9 Å². The predicted molar refractivity (Wildman–Crippen MR) is 126 cm³/mol. The third-order valence-electron chi connectivity index (χ3n) is 5.80. The number of rotatable bonds is 8. The number of hydrogen-bond donors (Lipinski definition) is 0. The lowest BCUT2D eigenvalue weighted by molar-refractivity contribution is -0.154. The van der Waals surface area contributed by atoms with E-state index in [0.29, 0.717) is 31.1 Å². The van der Waals surface area contributed by atoms with Gasteiger partial charge in [0.1, 0.15) is 29.9 Å². The molecular formula is C27H27NO6. The average molecular weight is 462 g/mol. The molecule has 1 saturated heterocycles. The summed E-state index contributed by atoms with van der Waals surface area (Å²) in [5, 5.41) is 0. The van der Waals surface area contributed by atoms with Crippen LogP contribution in [0.4, 0.5) is 4.79 Å². The van der Waals surface area contributed by atoms with Crippen LogP contribution in [0.5, 0.6) is 17.2 Å². The maximum absolute atomic E-state index is 12.7. The van der Waals surface area contributed by atoms with Gasteiger partial charge in [-0.3, -0.25) is 4.90 Å². The number of esters is 1. The van der Waals surface area contributed by atoms with Crippen LogP contribution in [0.25, 0.3) is 0 Å². The van der Waals surface area contributed by atoms with Crippen molar-refractivity contribution in [3.63, 3.8) is 0 Å². The average Bonchev–Trinajstić information content (AvgIpc) is 2.86. The standard InChI is InChI=1S/C27H27NO6/c1-31-22-11-13-23(14-12-22)34-27(30)28-17-21(25(28)26(29)32-2)15-20-9-6-10-24(16-20)33-18-19-7-4-3-5-8-19/h3-14,16,21,25H,15,17-18H2,1-2H3/t21-,25+/m1/s1. The normalized spacial score (nSPS) is 16.8. The Bertz CT molecular complexity index is 1120. The van der Waals surface area contributed by atoms with Crippen molar-refractivity contribution in [1.29, 1.82) is 0 Å². The quantitative estimate of drug-likeness (QED) is 0.460. The number of ether oxygens (including phenoxy) is 4. The highest BCUT2D eigenvalue weighted by Gasteiger charge is 2.48. The highest BCUT2D eigenvalue weighted by atomic mass is 16.6. The molecule has 1 heterocycles. The zero-order valence-corrected chi connectivity index (χ0v) is 19.2. The highest BCUT2D eigenvalue weighted by Crippen LogP contribution is 2.31. The van der Waals surface area contributed by atoms with Gasteiger partial charge in [0.25, 0.3) is 0 Å². The van der Waals surface area contributed by atoms with E-state index in [4.69, 9.17) is 18.9 Å². The molecule has 3 aromatic carbocycles. The molecule has 34 heavy (non-hydrogen) atoms. The Hall–Kier alpha value is -4.00. The second-order valence-corrected chi connectivity index (χ2v) is 8.05. The topological polar surface area (TPSA) is 74.3 Å². The van der Waals surface area contributed by atoms with E-state index in [-0.39, 0.29) is 5.92 Å². The van der Waals surface area contributed by atoms with Gasteiger partial charge in [-0.2, -0.15) is 0 Å². The Morgan fingerprint density at radius 1 is 0.853 bits per heavy atom. The molecule has 1 amide bonds. The van der Waals surface area contributed by atoms with Gasteiger partial charge in [0.2, 0.25) is 0 Å². The first-order chi connectivity index (χ1) is 16.6. The van der Waals surface area contributed by atoms with Gasteiger partial charge in [0.05, 0.1) is 14.2 Å². The maximum atomic E-state index is 12.7. The zero-order valence-electron chi connectivity index (χ0n) is 19.2. The molecule has 7 nitrogen and oxygen atoms in total. The van der Waals surface area contributed by atoms with Crippen LogP contribution in [0.2, 0.25) is 0 Å². The number of nitrogens with zero attached hydrogens (tertiary/aromatic N) is 1. The molecule has 4 rings (SSSR count). The fourth-order valence-corrected chi connectivity index (χ4v) is 4.00. The van der Waals surface area contributed by atoms with Crippen LogP contribution in [0, 0.1) is 5.92 Å². The Balaban J connectivity index is 1.38. The number of likely N-dealkylation sites (tertiary alicyclic amines) is 1. The number of amides is 1. The van der Waals surface area contributed by atoms with E-state index in [1.807, 2.05) is 54.6 Å². The lowest BCUT2D eigenvalue weighted by Gasteiger charge is -2.45. The minimum absolute atomic E-state index is 0.0831. The van der Waals surface area contributed by atoms with Crippen molar-refractivity contribution in [1.82, 2.24) is 4.90 Å². The Morgan fingerprint density at radius 3 is 2.26 bits per heavy atom. The van der Waals surface area contributed by atoms with Gasteiger partial charge in [-0.1, -0.05) is 42.5 Å². The summed E-state index contributed by atoms with van der Waals surface area (Å²) in [6.45, 7) is 0.868. The van der Waals surface area contributed by atoms with E-state index in [9.17, 15) is 9.59 Å². The number of methoxy groups -OCH3 is 2. The summed E-state index contributed by atoms with van der Waals surface area (Å²) >= 11 is 0. The van der Waals surface area contributed by atoms with E-state index in [2.05, 4.69) is 0 Å². The van der Waals surface area contributed by atoms with E-state index in [0.717, 1.165) is 16.9 Å². The predicted octanol–water partition coefficient (Wildman–Crippen LogP) is 4.49. The van der Waals surface area contributed by atoms with Crippen LogP contribution in [0.15, 0.2) is 78.9 Å². The van der Waals surface area contributed by atoms with Crippen molar-refractivity contribution in [3.8, 4) is 17.2 Å². The van der Waals surface area contributed by atoms with Crippen molar-refractivity contribution in [3.05, 3.63) is 90.0 Å². The summed E-state index contributed by atoms with van der Waals surface area (Å²) in [4.78, 5) is 26.6. The van der Waals surface area contributed by atoms with E-state index in [1.54, 1.807) is 31.4 Å². The summed E-state index contributed by atoms with van der Waals surface area (Å²) in [5.41, 5.74) is 2.11. The zero-order chi connectivity index (χ0) is 23.9. The Labute approximate surface area is 198 Å². The number of carbonyl (C=O) groups is 2. The molecule has 0 aromatic heterocycles. The van der Waals surface area contributed by atoms with E-state index < -0.39 is 18.1 Å². The fraction of sp³-hybridized carbons (Fsp3) is 0.259. The van der Waals surface area contributed by atoms with Crippen LogP contribution in [-0.4, -0.2) is 43.8 Å². The Kier molecular flexibility index (Phi) is 7.32. The van der Waals surface area contributed by atoms with Crippen molar-refractivity contribution in [2.24, 2.45) is 5.92 Å². The molecule has 0 aliphatic carbocycles. The summed E-state index contributed by atoms with van der Waals surface area (Å²) in [7, 11) is 2.88. The first-order valence-electron chi connectivity index (χ1n) is 11.0. The molecule has 0 N–H and O–H groups in total. The molecule has 3 aromatic rings. The van der Waals surface area contributed by atoms with Gasteiger partial charge in [-0.05, 0) is 53.9 Å². The summed E-state index contributed by atoms with van der Waals surface area (Å²) in [5.74, 6) is 1.25. The van der Waals surface area contributed by atoms with Gasteiger partial charge >= 0.3 is 12.1 Å². The van der Waals surface area contributed by atoms with Crippen LogP contribution in [0.1, 0.15) is 11.1 Å². The summed E-state index contributed by atoms with van der Waals surface area (Å²) in [6.07, 6.45) is 0.0194. The molecule has 1 aliphatic heterocycles. The van der Waals surface area contributed by atoms with E-state index in [1.165, 1.54) is 12.0 Å². The van der Waals surface area contributed by atoms with Crippen molar-refractivity contribution >= 4 is 12.1 Å². The third-order valence-corrected chi connectivity index (χ3v) is 5.80. The fourth-order valence-electron chi connectivity index (χ4n) is 4.00. The van der Waals surface area contributed by atoms with E-state index >= 15 is 0 Å². The summed E-state index contributed by atoms with van der Waals surface area (Å²) < 4.78 is 21.4. The number of carbonyl (C=O) groups excluding carboxylic acids is 2. The highest BCUT2D eigenvalue weighted by molar-refractivity contribution is 5.84. The minimum Gasteiger partial charge on any atom is -0.497 e.